The fraction of sp³-hybridized carbons (Fsp3) is 0.176. The summed E-state index contributed by atoms with van der Waals surface area (Å²) in [5.74, 6) is 2.90. The molecule has 0 amide bonds. The van der Waals surface area contributed by atoms with Gasteiger partial charge in [-0.05, 0) is 58.1 Å². The molecule has 0 aliphatic heterocycles. The second-order valence-electron chi connectivity index (χ2n) is 10.2. The summed E-state index contributed by atoms with van der Waals surface area (Å²) >= 11 is 0. The van der Waals surface area contributed by atoms with Gasteiger partial charge in [-0.3, -0.25) is 0 Å². The number of rotatable bonds is 6. The van der Waals surface area contributed by atoms with E-state index < -0.39 is 0 Å². The standard InChI is InChI=1S/C34H29N3O.Pt/c1-22(2)24-14-16-35-33(20-24)37-31-11-6-5-10-29(31)30-13-12-27(19-32(30)37)26-8-7-9-28(18-26)38-34-21-25(23(3)4)15-17-36-34;/h5-17,20-23H,1-4H3;/q-2;+2. The first kappa shape index (κ1) is 26.8. The van der Waals surface area contributed by atoms with E-state index in [1.807, 2.05) is 36.5 Å². The van der Waals surface area contributed by atoms with E-state index in [-0.39, 0.29) is 21.1 Å². The number of hydrogen-bond acceptors (Lipinski definition) is 3. The molecule has 0 aliphatic carbocycles. The molecule has 0 saturated carbocycles. The molecule has 0 aliphatic rings. The first-order valence-corrected chi connectivity index (χ1v) is 13.1. The first-order valence-electron chi connectivity index (χ1n) is 13.1. The molecule has 0 bridgehead atoms. The van der Waals surface area contributed by atoms with Crippen molar-refractivity contribution in [3.63, 3.8) is 0 Å². The third-order valence-corrected chi connectivity index (χ3v) is 6.95. The average Bonchev–Trinajstić information content (AvgIpc) is 3.27. The van der Waals surface area contributed by atoms with E-state index in [4.69, 9.17) is 9.72 Å². The zero-order chi connectivity index (χ0) is 26.2. The van der Waals surface area contributed by atoms with Crippen molar-refractivity contribution in [1.29, 1.82) is 0 Å². The quantitative estimate of drug-likeness (QED) is 0.164. The molecule has 0 atom stereocenters. The van der Waals surface area contributed by atoms with E-state index in [1.54, 1.807) is 6.20 Å². The van der Waals surface area contributed by atoms with Crippen LogP contribution in [0.5, 0.6) is 11.6 Å². The van der Waals surface area contributed by atoms with E-state index in [2.05, 4.69) is 97.9 Å². The van der Waals surface area contributed by atoms with Gasteiger partial charge in [0.15, 0.2) is 0 Å². The summed E-state index contributed by atoms with van der Waals surface area (Å²) in [6.07, 6.45) is 3.68. The molecule has 0 N–H and O–H groups in total. The molecule has 0 saturated heterocycles. The van der Waals surface area contributed by atoms with Crippen molar-refractivity contribution in [2.75, 3.05) is 0 Å². The van der Waals surface area contributed by atoms with Crippen molar-refractivity contribution in [1.82, 2.24) is 14.5 Å². The van der Waals surface area contributed by atoms with Crippen LogP contribution in [0.1, 0.15) is 50.7 Å². The molecule has 6 aromatic rings. The fourth-order valence-electron chi connectivity index (χ4n) is 4.82. The Hall–Kier alpha value is -3.75. The summed E-state index contributed by atoms with van der Waals surface area (Å²) in [7, 11) is 0. The Morgan fingerprint density at radius 3 is 2.21 bits per heavy atom. The van der Waals surface area contributed by atoms with Gasteiger partial charge in [-0.25, -0.2) is 21.1 Å². The molecular formula is C34H29N3OPt. The SMILES string of the molecule is CC(C)c1ccnc(Oc2[c-]c(-c3[c-]c4c(cc3)c3ccccc3n4-c3cc(C(C)C)ccn3)ccc2)c1.[Pt+2]. The fourth-order valence-corrected chi connectivity index (χ4v) is 4.82. The summed E-state index contributed by atoms with van der Waals surface area (Å²) in [5, 5.41) is 2.32. The van der Waals surface area contributed by atoms with Gasteiger partial charge in [0.25, 0.3) is 0 Å². The third kappa shape index (κ3) is 5.27. The minimum Gasteiger partial charge on any atom is -0.460 e. The van der Waals surface area contributed by atoms with Gasteiger partial charge in [0.2, 0.25) is 5.88 Å². The maximum absolute atomic E-state index is 6.10. The number of benzene rings is 3. The number of fused-ring (bicyclic) bond motifs is 3. The van der Waals surface area contributed by atoms with Crippen molar-refractivity contribution >= 4 is 21.8 Å². The maximum Gasteiger partial charge on any atom is 2.00 e. The second kappa shape index (κ2) is 11.2. The van der Waals surface area contributed by atoms with Crippen LogP contribution in [0.25, 0.3) is 38.8 Å². The van der Waals surface area contributed by atoms with Gasteiger partial charge >= 0.3 is 21.1 Å². The smallest absolute Gasteiger partial charge is 0.460 e. The van der Waals surface area contributed by atoms with E-state index in [0.29, 0.717) is 23.5 Å². The van der Waals surface area contributed by atoms with Crippen LogP contribution in [0.3, 0.4) is 0 Å². The predicted octanol–water partition coefficient (Wildman–Crippen LogP) is 8.88. The molecular weight excluding hydrogens is 661 g/mol. The first-order chi connectivity index (χ1) is 18.5. The zero-order valence-corrected chi connectivity index (χ0v) is 24.7. The summed E-state index contributed by atoms with van der Waals surface area (Å²) in [5.41, 5.74) is 6.39. The predicted molar refractivity (Wildman–Crippen MR) is 154 cm³/mol. The van der Waals surface area contributed by atoms with Gasteiger partial charge in [-0.2, -0.15) is 24.3 Å². The van der Waals surface area contributed by atoms with E-state index in [1.165, 1.54) is 16.5 Å². The van der Waals surface area contributed by atoms with Gasteiger partial charge in [0.1, 0.15) is 5.82 Å². The van der Waals surface area contributed by atoms with Gasteiger partial charge in [-0.1, -0.05) is 51.3 Å². The molecule has 0 radical (unpaired) electrons. The Morgan fingerprint density at radius 2 is 1.41 bits per heavy atom. The molecule has 4 nitrogen and oxygen atoms in total. The number of pyridine rings is 2. The van der Waals surface area contributed by atoms with E-state index >= 15 is 0 Å². The van der Waals surface area contributed by atoms with Gasteiger partial charge in [0.05, 0.1) is 0 Å². The Bertz CT molecular complexity index is 1770. The zero-order valence-electron chi connectivity index (χ0n) is 22.4. The number of para-hydroxylation sites is 1. The topological polar surface area (TPSA) is 39.9 Å². The number of hydrogen-bond donors (Lipinski definition) is 0. The molecule has 0 fully saturated rings. The van der Waals surface area contributed by atoms with Crippen LogP contribution in [0.2, 0.25) is 0 Å². The molecule has 3 heterocycles. The van der Waals surface area contributed by atoms with Crippen molar-refractivity contribution < 1.29 is 25.8 Å². The third-order valence-electron chi connectivity index (χ3n) is 6.95. The van der Waals surface area contributed by atoms with Crippen molar-refractivity contribution in [2.24, 2.45) is 0 Å². The molecule has 3 aromatic heterocycles. The van der Waals surface area contributed by atoms with Gasteiger partial charge < -0.3 is 9.30 Å². The van der Waals surface area contributed by atoms with E-state index in [0.717, 1.165) is 33.4 Å². The summed E-state index contributed by atoms with van der Waals surface area (Å²) in [4.78, 5) is 9.14. The minimum atomic E-state index is 0. The van der Waals surface area contributed by atoms with Gasteiger partial charge in [-0.15, -0.1) is 18.2 Å². The van der Waals surface area contributed by atoms with Gasteiger partial charge in [0, 0.05) is 29.7 Å². The van der Waals surface area contributed by atoms with Crippen molar-refractivity contribution in [3.05, 3.63) is 115 Å². The second-order valence-corrected chi connectivity index (χ2v) is 10.2. The molecule has 39 heavy (non-hydrogen) atoms. The molecule has 0 spiro atoms. The van der Waals surface area contributed by atoms with Crippen LogP contribution in [0, 0.1) is 12.1 Å². The summed E-state index contributed by atoms with van der Waals surface area (Å²) in [6, 6.07) is 34.0. The van der Waals surface area contributed by atoms with Crippen LogP contribution >= 0.6 is 0 Å². The molecule has 6 rings (SSSR count). The number of ether oxygens (including phenoxy) is 1. The van der Waals surface area contributed by atoms with Crippen LogP contribution in [0.4, 0.5) is 0 Å². The monoisotopic (exact) mass is 690 g/mol. The van der Waals surface area contributed by atoms with Crippen LogP contribution in [-0.2, 0) is 21.1 Å². The Labute approximate surface area is 244 Å². The van der Waals surface area contributed by atoms with Crippen molar-refractivity contribution in [2.45, 2.75) is 39.5 Å². The van der Waals surface area contributed by atoms with E-state index in [9.17, 15) is 0 Å². The minimum absolute atomic E-state index is 0. The Kier molecular flexibility index (Phi) is 7.68. The Morgan fingerprint density at radius 1 is 0.692 bits per heavy atom. The summed E-state index contributed by atoms with van der Waals surface area (Å²) in [6.45, 7) is 8.72. The van der Waals surface area contributed by atoms with Crippen LogP contribution in [-0.4, -0.2) is 14.5 Å². The number of aromatic nitrogens is 3. The average molecular weight is 691 g/mol. The molecule has 3 aromatic carbocycles. The molecule has 0 unspecified atom stereocenters. The Balaban J connectivity index is 0.00000308. The normalized spacial score (nSPS) is 11.3. The number of nitrogens with zero attached hydrogens (tertiary/aromatic N) is 3. The molecule has 196 valence electrons. The van der Waals surface area contributed by atoms with Crippen molar-refractivity contribution in [3.8, 4) is 28.6 Å². The summed E-state index contributed by atoms with van der Waals surface area (Å²) < 4.78 is 8.31. The molecule has 5 heteroatoms. The van der Waals surface area contributed by atoms with Crippen LogP contribution in [0.15, 0.2) is 91.3 Å². The van der Waals surface area contributed by atoms with Crippen LogP contribution < -0.4 is 4.74 Å². The largest absolute Gasteiger partial charge is 2.00 e. The maximum atomic E-state index is 6.10.